The second-order valence-electron chi connectivity index (χ2n) is 12.2. The van der Waals surface area contributed by atoms with Gasteiger partial charge in [-0.2, -0.15) is 18.3 Å². The van der Waals surface area contributed by atoms with Crippen molar-refractivity contribution in [3.05, 3.63) is 94.8 Å². The van der Waals surface area contributed by atoms with Gasteiger partial charge in [0.05, 0.1) is 11.1 Å². The Morgan fingerprint density at radius 1 is 1.09 bits per heavy atom. The van der Waals surface area contributed by atoms with Gasteiger partial charge in [0.2, 0.25) is 0 Å². The van der Waals surface area contributed by atoms with Crippen LogP contribution in [0, 0.1) is 11.7 Å². The summed E-state index contributed by atoms with van der Waals surface area (Å²) in [5.74, 6) is -0.785. The van der Waals surface area contributed by atoms with Gasteiger partial charge in [0, 0.05) is 41.8 Å². The molecule has 2 aromatic heterocycles. The molecule has 0 saturated carbocycles. The Morgan fingerprint density at radius 3 is 2.49 bits per heavy atom. The van der Waals surface area contributed by atoms with Crippen molar-refractivity contribution in [2.24, 2.45) is 5.92 Å². The second-order valence-corrected chi connectivity index (χ2v) is 12.2. The van der Waals surface area contributed by atoms with E-state index in [0.29, 0.717) is 29.6 Å². The fourth-order valence-electron chi connectivity index (χ4n) is 6.00. The van der Waals surface area contributed by atoms with Crippen LogP contribution in [-0.4, -0.2) is 77.5 Å². The molecular formula is C34H37F4N7O2. The number of nitrogens with one attached hydrogen (secondary N) is 2. The minimum atomic E-state index is -4.88. The molecule has 0 bridgehead atoms. The van der Waals surface area contributed by atoms with Crippen LogP contribution in [0.15, 0.2) is 72.2 Å². The fraction of sp³-hybridized carbons (Fsp3) is 0.353. The van der Waals surface area contributed by atoms with Crippen LogP contribution in [0.3, 0.4) is 0 Å². The van der Waals surface area contributed by atoms with E-state index in [1.54, 1.807) is 43.6 Å². The largest absolute Gasteiger partial charge is 0.419 e. The van der Waals surface area contributed by atoms with Gasteiger partial charge >= 0.3 is 6.18 Å². The summed E-state index contributed by atoms with van der Waals surface area (Å²) in [6, 6.07) is 9.77. The molecule has 248 valence electrons. The number of carbonyl (C=O) groups is 2. The van der Waals surface area contributed by atoms with Gasteiger partial charge in [-0.3, -0.25) is 14.6 Å². The minimum absolute atomic E-state index is 0.0347. The quantitative estimate of drug-likeness (QED) is 0.189. The summed E-state index contributed by atoms with van der Waals surface area (Å²) in [6.07, 6.45) is 1.68. The number of rotatable bonds is 6. The van der Waals surface area contributed by atoms with Crippen molar-refractivity contribution in [1.29, 1.82) is 0 Å². The van der Waals surface area contributed by atoms with Crippen molar-refractivity contribution in [1.82, 2.24) is 24.6 Å². The third-order valence-corrected chi connectivity index (χ3v) is 8.33. The standard InChI is InChI=1S/C25H17F4N5O2.C9H20N2/c1-13-22(24(36)32-17-4-2-16-11-30-7-6-14(16)8-17)23(34-21(31-13)10-18(12-35)33-34)15-3-5-19(20(26)9-15)25(27,28)29;1-10(2)8-9-4-6-11(3)7-5-9/h2-12,23,31H,1H3,(H,32,36);9H,4-8H2,1-3H3. The van der Waals surface area contributed by atoms with Crippen molar-refractivity contribution >= 4 is 34.5 Å². The number of alkyl halides is 3. The molecule has 2 N–H and O–H groups in total. The lowest BCUT2D eigenvalue weighted by molar-refractivity contribution is -0.140. The summed E-state index contributed by atoms with van der Waals surface area (Å²) in [5.41, 5.74) is -0.405. The van der Waals surface area contributed by atoms with Crippen LogP contribution in [0.5, 0.6) is 0 Å². The van der Waals surface area contributed by atoms with E-state index in [9.17, 15) is 27.2 Å². The van der Waals surface area contributed by atoms with Crippen LogP contribution in [0.25, 0.3) is 10.8 Å². The molecule has 1 saturated heterocycles. The van der Waals surface area contributed by atoms with Crippen molar-refractivity contribution < 1.29 is 27.2 Å². The number of carbonyl (C=O) groups excluding carboxylic acids is 2. The van der Waals surface area contributed by atoms with Crippen LogP contribution in [0.1, 0.15) is 47.4 Å². The lowest BCUT2D eigenvalue weighted by Gasteiger charge is -2.30. The van der Waals surface area contributed by atoms with Crippen LogP contribution >= 0.6 is 0 Å². The predicted molar refractivity (Wildman–Crippen MR) is 173 cm³/mol. The number of hydrogen-bond donors (Lipinski definition) is 2. The molecule has 2 aliphatic rings. The molecule has 6 rings (SSSR count). The molecule has 2 aromatic carbocycles. The first-order valence-electron chi connectivity index (χ1n) is 15.2. The molecule has 1 amide bonds. The van der Waals surface area contributed by atoms with Crippen molar-refractivity contribution in [2.75, 3.05) is 51.4 Å². The highest BCUT2D eigenvalue weighted by atomic mass is 19.4. The molecule has 0 aliphatic carbocycles. The van der Waals surface area contributed by atoms with Gasteiger partial charge in [-0.15, -0.1) is 0 Å². The Balaban J connectivity index is 0.000000335. The molecular weight excluding hydrogens is 614 g/mol. The summed E-state index contributed by atoms with van der Waals surface area (Å²) in [5, 5.41) is 11.6. The number of aromatic nitrogens is 3. The highest BCUT2D eigenvalue weighted by molar-refractivity contribution is 6.07. The number of fused-ring (bicyclic) bond motifs is 2. The number of benzene rings is 2. The Bertz CT molecular complexity index is 1790. The van der Waals surface area contributed by atoms with Crippen molar-refractivity contribution in [3.8, 4) is 0 Å². The summed E-state index contributed by atoms with van der Waals surface area (Å²) >= 11 is 0. The maximum Gasteiger partial charge on any atom is 0.419 e. The van der Waals surface area contributed by atoms with E-state index < -0.39 is 29.5 Å². The SMILES string of the molecule is CC1=C(C(=O)Nc2ccc3cnccc3c2)C(c2ccc(C(F)(F)F)c(F)c2)n2nc(C=O)cc2N1.CN(C)CC1CCN(C)CC1. The summed E-state index contributed by atoms with van der Waals surface area (Å²) in [4.78, 5) is 33.6. The third-order valence-electron chi connectivity index (χ3n) is 8.33. The molecule has 13 heteroatoms. The Labute approximate surface area is 270 Å². The van der Waals surface area contributed by atoms with Crippen LogP contribution in [-0.2, 0) is 11.0 Å². The Hall–Kier alpha value is -4.62. The van der Waals surface area contributed by atoms with Gasteiger partial charge in [0.1, 0.15) is 23.4 Å². The lowest BCUT2D eigenvalue weighted by Crippen LogP contribution is -2.34. The van der Waals surface area contributed by atoms with Gasteiger partial charge in [0.25, 0.3) is 5.91 Å². The van der Waals surface area contributed by atoms with Crippen molar-refractivity contribution in [3.63, 3.8) is 0 Å². The first-order chi connectivity index (χ1) is 22.3. The average molecular weight is 652 g/mol. The lowest BCUT2D eigenvalue weighted by atomic mass is 9.93. The van der Waals surface area contributed by atoms with Gasteiger partial charge in [-0.05, 0) is 101 Å². The van der Waals surface area contributed by atoms with Crippen LogP contribution in [0.2, 0.25) is 0 Å². The molecule has 4 heterocycles. The van der Waals surface area contributed by atoms with Crippen LogP contribution in [0.4, 0.5) is 29.1 Å². The predicted octanol–water partition coefficient (Wildman–Crippen LogP) is 6.22. The number of pyridine rings is 1. The number of allylic oxidation sites excluding steroid dienone is 1. The van der Waals surface area contributed by atoms with E-state index in [1.807, 2.05) is 0 Å². The van der Waals surface area contributed by atoms with Crippen molar-refractivity contribution in [2.45, 2.75) is 32.0 Å². The molecule has 47 heavy (non-hydrogen) atoms. The molecule has 1 unspecified atom stereocenters. The first-order valence-corrected chi connectivity index (χ1v) is 15.2. The zero-order valence-electron chi connectivity index (χ0n) is 26.6. The maximum atomic E-state index is 14.5. The number of anilines is 2. The van der Waals surface area contributed by atoms with E-state index in [2.05, 4.69) is 51.7 Å². The van der Waals surface area contributed by atoms with Gasteiger partial charge < -0.3 is 20.4 Å². The number of amides is 1. The zero-order valence-corrected chi connectivity index (χ0v) is 26.6. The molecule has 2 aliphatic heterocycles. The van der Waals surface area contributed by atoms with E-state index in [-0.39, 0.29) is 16.8 Å². The Kier molecular flexibility index (Phi) is 10.1. The first kappa shape index (κ1) is 33.7. The van der Waals surface area contributed by atoms with E-state index in [1.165, 1.54) is 43.2 Å². The topological polar surface area (TPSA) is 95.4 Å². The summed E-state index contributed by atoms with van der Waals surface area (Å²) < 4.78 is 55.2. The number of nitrogens with zero attached hydrogens (tertiary/aromatic N) is 5. The average Bonchev–Trinajstić information content (AvgIpc) is 3.43. The highest BCUT2D eigenvalue weighted by Gasteiger charge is 2.37. The van der Waals surface area contributed by atoms with Crippen LogP contribution < -0.4 is 10.6 Å². The molecule has 0 spiro atoms. The molecule has 1 fully saturated rings. The smallest absolute Gasteiger partial charge is 0.344 e. The summed E-state index contributed by atoms with van der Waals surface area (Å²) in [6.45, 7) is 5.45. The number of piperidine rings is 1. The van der Waals surface area contributed by atoms with Gasteiger partial charge in [-0.1, -0.05) is 12.1 Å². The number of hydrogen-bond acceptors (Lipinski definition) is 7. The minimum Gasteiger partial charge on any atom is -0.344 e. The van der Waals surface area contributed by atoms with E-state index in [4.69, 9.17) is 0 Å². The van der Waals surface area contributed by atoms with E-state index in [0.717, 1.165) is 28.8 Å². The molecule has 1 atom stereocenters. The highest BCUT2D eigenvalue weighted by Crippen LogP contribution is 2.39. The zero-order chi connectivity index (χ0) is 33.9. The summed E-state index contributed by atoms with van der Waals surface area (Å²) in [7, 11) is 6.54. The fourth-order valence-corrected chi connectivity index (χ4v) is 6.00. The molecule has 9 nitrogen and oxygen atoms in total. The molecule has 0 radical (unpaired) electrons. The van der Waals surface area contributed by atoms with Gasteiger partial charge in [0.15, 0.2) is 6.29 Å². The number of aldehydes is 1. The Morgan fingerprint density at radius 2 is 1.83 bits per heavy atom. The second kappa shape index (κ2) is 14.0. The monoisotopic (exact) mass is 651 g/mol. The number of likely N-dealkylation sites (tertiary alicyclic amines) is 1. The number of halogens is 4. The normalized spacial score (nSPS) is 17.2. The van der Waals surface area contributed by atoms with E-state index >= 15 is 0 Å². The van der Waals surface area contributed by atoms with Gasteiger partial charge in [-0.25, -0.2) is 9.07 Å². The third kappa shape index (κ3) is 7.86. The molecule has 4 aromatic rings. The maximum absolute atomic E-state index is 14.5.